The molecule has 2 aromatic rings. The molecule has 0 bridgehead atoms. The third-order valence-electron chi connectivity index (χ3n) is 2.78. The lowest BCUT2D eigenvalue weighted by Gasteiger charge is -2.07. The highest BCUT2D eigenvalue weighted by Crippen LogP contribution is 2.14. The minimum absolute atomic E-state index is 0.0183. The molecule has 0 heterocycles. The van der Waals surface area contributed by atoms with Crippen molar-refractivity contribution >= 4 is 17.6 Å². The van der Waals surface area contributed by atoms with Crippen LogP contribution in [0.3, 0.4) is 0 Å². The molecule has 0 aliphatic heterocycles. The third kappa shape index (κ3) is 3.62. The van der Waals surface area contributed by atoms with Crippen molar-refractivity contribution in [1.29, 1.82) is 0 Å². The minimum Gasteiger partial charge on any atom is -0.478 e. The molecule has 0 radical (unpaired) electrons. The van der Waals surface area contributed by atoms with Gasteiger partial charge in [0.25, 0.3) is 0 Å². The summed E-state index contributed by atoms with van der Waals surface area (Å²) in [5.74, 6) is -3.77. The molecule has 21 heavy (non-hydrogen) atoms. The number of benzene rings is 2. The van der Waals surface area contributed by atoms with E-state index in [1.165, 1.54) is 36.4 Å². The highest BCUT2D eigenvalue weighted by atomic mass is 19.2. The molecule has 108 valence electrons. The van der Waals surface area contributed by atoms with Crippen molar-refractivity contribution in [2.24, 2.45) is 0 Å². The van der Waals surface area contributed by atoms with E-state index < -0.39 is 23.5 Å². The van der Waals surface area contributed by atoms with Gasteiger partial charge in [0.1, 0.15) is 0 Å². The van der Waals surface area contributed by atoms with E-state index in [0.29, 0.717) is 0 Å². The van der Waals surface area contributed by atoms with Crippen molar-refractivity contribution in [3.63, 3.8) is 0 Å². The van der Waals surface area contributed by atoms with Gasteiger partial charge in [0.2, 0.25) is 5.91 Å². The molecule has 1 amide bonds. The van der Waals surface area contributed by atoms with Gasteiger partial charge in [-0.1, -0.05) is 18.2 Å². The van der Waals surface area contributed by atoms with Crippen molar-refractivity contribution in [2.45, 2.75) is 6.42 Å². The van der Waals surface area contributed by atoms with Gasteiger partial charge >= 0.3 is 5.97 Å². The number of carboxylic acid groups (broad SMARTS) is 1. The summed E-state index contributed by atoms with van der Waals surface area (Å²) in [4.78, 5) is 22.6. The molecule has 0 fully saturated rings. The van der Waals surface area contributed by atoms with Crippen LogP contribution < -0.4 is 5.32 Å². The Hall–Kier alpha value is -2.76. The molecule has 0 saturated heterocycles. The molecule has 0 saturated carbocycles. The van der Waals surface area contributed by atoms with Crippen molar-refractivity contribution in [3.8, 4) is 0 Å². The third-order valence-corrected chi connectivity index (χ3v) is 2.78. The van der Waals surface area contributed by atoms with Gasteiger partial charge in [-0.25, -0.2) is 13.6 Å². The Morgan fingerprint density at radius 1 is 1.10 bits per heavy atom. The first kappa shape index (κ1) is 14.6. The van der Waals surface area contributed by atoms with Gasteiger partial charge in [-0.15, -0.1) is 0 Å². The number of carboxylic acids is 1. The van der Waals surface area contributed by atoms with Crippen LogP contribution in [0.2, 0.25) is 0 Å². The van der Waals surface area contributed by atoms with E-state index >= 15 is 0 Å². The van der Waals surface area contributed by atoms with E-state index in [0.717, 1.165) is 6.07 Å². The van der Waals surface area contributed by atoms with Crippen LogP contribution in [0.1, 0.15) is 15.9 Å². The first-order chi connectivity index (χ1) is 9.97. The maximum Gasteiger partial charge on any atom is 0.335 e. The van der Waals surface area contributed by atoms with E-state index in [1.54, 1.807) is 0 Å². The van der Waals surface area contributed by atoms with E-state index in [9.17, 15) is 18.4 Å². The smallest absolute Gasteiger partial charge is 0.335 e. The number of nitrogens with one attached hydrogen (secondary N) is 1. The number of anilines is 1. The van der Waals surface area contributed by atoms with E-state index in [-0.39, 0.29) is 23.2 Å². The zero-order valence-corrected chi connectivity index (χ0v) is 10.8. The average Bonchev–Trinajstić information content (AvgIpc) is 2.44. The van der Waals surface area contributed by atoms with Crippen molar-refractivity contribution in [2.75, 3.05) is 5.32 Å². The summed E-state index contributed by atoms with van der Waals surface area (Å²) in [6, 6.07) is 9.23. The van der Waals surface area contributed by atoms with Gasteiger partial charge in [0.05, 0.1) is 12.0 Å². The lowest BCUT2D eigenvalue weighted by Crippen LogP contribution is -2.16. The molecule has 4 nitrogen and oxygen atoms in total. The Morgan fingerprint density at radius 3 is 2.52 bits per heavy atom. The first-order valence-electron chi connectivity index (χ1n) is 6.03. The first-order valence-corrected chi connectivity index (χ1v) is 6.03. The van der Waals surface area contributed by atoms with Crippen LogP contribution in [0.25, 0.3) is 0 Å². The maximum atomic E-state index is 13.4. The summed E-state index contributed by atoms with van der Waals surface area (Å²) >= 11 is 0. The molecule has 6 heteroatoms. The Balaban J connectivity index is 2.10. The largest absolute Gasteiger partial charge is 0.478 e. The fourth-order valence-electron chi connectivity index (χ4n) is 1.79. The normalized spacial score (nSPS) is 10.2. The zero-order valence-electron chi connectivity index (χ0n) is 10.8. The number of hydrogen-bond donors (Lipinski definition) is 2. The van der Waals surface area contributed by atoms with Gasteiger partial charge in [-0.2, -0.15) is 0 Å². The minimum atomic E-state index is -1.12. The van der Waals surface area contributed by atoms with Gasteiger partial charge in [-0.05, 0) is 24.3 Å². The SMILES string of the molecule is O=C(Cc1cccc(F)c1F)Nc1cccc(C(=O)O)c1. The second-order valence-electron chi connectivity index (χ2n) is 4.32. The fourth-order valence-corrected chi connectivity index (χ4v) is 1.79. The molecular weight excluding hydrogens is 280 g/mol. The van der Waals surface area contributed by atoms with Crippen LogP contribution in [0.4, 0.5) is 14.5 Å². The Morgan fingerprint density at radius 2 is 1.81 bits per heavy atom. The molecule has 2 rings (SSSR count). The molecule has 2 N–H and O–H groups in total. The molecule has 0 unspecified atom stereocenters. The number of rotatable bonds is 4. The van der Waals surface area contributed by atoms with Crippen LogP contribution in [-0.2, 0) is 11.2 Å². The number of amides is 1. The average molecular weight is 291 g/mol. The number of halogens is 2. The summed E-state index contributed by atoms with van der Waals surface area (Å²) in [5.41, 5.74) is 0.225. The van der Waals surface area contributed by atoms with Gasteiger partial charge in [0.15, 0.2) is 11.6 Å². The van der Waals surface area contributed by atoms with E-state index in [4.69, 9.17) is 5.11 Å². The molecule has 0 aromatic heterocycles. The fraction of sp³-hybridized carbons (Fsp3) is 0.0667. The van der Waals surface area contributed by atoms with Crippen molar-refractivity contribution in [3.05, 3.63) is 65.2 Å². The van der Waals surface area contributed by atoms with Gasteiger partial charge < -0.3 is 10.4 Å². The summed E-state index contributed by atoms with van der Waals surface area (Å²) in [6.45, 7) is 0. The molecular formula is C15H11F2NO3. The highest BCUT2D eigenvalue weighted by molar-refractivity contribution is 5.94. The number of carbonyl (C=O) groups excluding carboxylic acids is 1. The summed E-state index contributed by atoms with van der Waals surface area (Å²) in [6.07, 6.45) is -0.346. The van der Waals surface area contributed by atoms with Crippen LogP contribution in [0.5, 0.6) is 0 Å². The molecule has 2 aromatic carbocycles. The van der Waals surface area contributed by atoms with Crippen molar-refractivity contribution in [1.82, 2.24) is 0 Å². The van der Waals surface area contributed by atoms with E-state index in [2.05, 4.69) is 5.32 Å². The van der Waals surface area contributed by atoms with Crippen LogP contribution in [0.15, 0.2) is 42.5 Å². The summed E-state index contributed by atoms with van der Waals surface area (Å²) in [7, 11) is 0. The quantitative estimate of drug-likeness (QED) is 0.910. The molecule has 0 spiro atoms. The van der Waals surface area contributed by atoms with E-state index in [1.807, 2.05) is 0 Å². The second kappa shape index (κ2) is 6.13. The topological polar surface area (TPSA) is 66.4 Å². The Labute approximate surface area is 119 Å². The second-order valence-corrected chi connectivity index (χ2v) is 4.32. The lowest BCUT2D eigenvalue weighted by molar-refractivity contribution is -0.115. The molecule has 0 aliphatic carbocycles. The van der Waals surface area contributed by atoms with Crippen LogP contribution >= 0.6 is 0 Å². The number of aromatic carboxylic acids is 1. The monoisotopic (exact) mass is 291 g/mol. The zero-order chi connectivity index (χ0) is 15.4. The predicted octanol–water partition coefficient (Wildman–Crippen LogP) is 2.84. The number of hydrogen-bond acceptors (Lipinski definition) is 2. The van der Waals surface area contributed by atoms with Gasteiger partial charge in [0, 0.05) is 11.3 Å². The Kier molecular flexibility index (Phi) is 4.27. The maximum absolute atomic E-state index is 13.4. The molecule has 0 atom stereocenters. The number of carbonyl (C=O) groups is 2. The van der Waals surface area contributed by atoms with Crippen molar-refractivity contribution < 1.29 is 23.5 Å². The molecule has 0 aliphatic rings. The van der Waals surface area contributed by atoms with Crippen LogP contribution in [0, 0.1) is 11.6 Å². The summed E-state index contributed by atoms with van der Waals surface area (Å²) in [5, 5.41) is 11.3. The summed E-state index contributed by atoms with van der Waals surface area (Å²) < 4.78 is 26.5. The highest BCUT2D eigenvalue weighted by Gasteiger charge is 2.12. The standard InChI is InChI=1S/C15H11F2NO3/c16-12-6-2-3-9(14(12)17)8-13(19)18-11-5-1-4-10(7-11)15(20)21/h1-7H,8H2,(H,18,19)(H,20,21). The lowest BCUT2D eigenvalue weighted by atomic mass is 10.1. The van der Waals surface area contributed by atoms with Gasteiger partial charge in [-0.3, -0.25) is 4.79 Å². The van der Waals surface area contributed by atoms with Crippen LogP contribution in [-0.4, -0.2) is 17.0 Å². The Bertz CT molecular complexity index is 701. The predicted molar refractivity (Wildman–Crippen MR) is 72.1 cm³/mol.